The number of benzene rings is 1. The maximum atomic E-state index is 14.6. The van der Waals surface area contributed by atoms with Crippen LogP contribution < -0.4 is 10.3 Å². The molecule has 0 radical (unpaired) electrons. The van der Waals surface area contributed by atoms with Crippen LogP contribution in [0.3, 0.4) is 0 Å². The quantitative estimate of drug-likeness (QED) is 0.456. The first kappa shape index (κ1) is 22.5. The summed E-state index contributed by atoms with van der Waals surface area (Å²) in [6, 6.07) is 7.26. The van der Waals surface area contributed by atoms with Gasteiger partial charge in [0.2, 0.25) is 0 Å². The molecule has 1 fully saturated rings. The number of fused-ring (bicyclic) bond motifs is 1. The van der Waals surface area contributed by atoms with Gasteiger partial charge in [0.05, 0.1) is 37.8 Å². The Morgan fingerprint density at radius 2 is 1.97 bits per heavy atom. The summed E-state index contributed by atoms with van der Waals surface area (Å²) < 4.78 is 27.8. The van der Waals surface area contributed by atoms with Crippen molar-refractivity contribution in [2.45, 2.75) is 20.3 Å². The van der Waals surface area contributed by atoms with E-state index in [9.17, 15) is 4.39 Å². The van der Waals surface area contributed by atoms with Crippen LogP contribution in [0.25, 0.3) is 16.7 Å². The number of morpholine rings is 1. The zero-order chi connectivity index (χ0) is 23.7. The minimum Gasteiger partial charge on any atom is -0.378 e. The van der Waals surface area contributed by atoms with E-state index in [4.69, 9.17) is 19.4 Å². The van der Waals surface area contributed by atoms with Gasteiger partial charge in [-0.25, -0.2) is 14.4 Å². The van der Waals surface area contributed by atoms with Crippen molar-refractivity contribution in [3.8, 4) is 0 Å². The molecule has 9 heteroatoms. The van der Waals surface area contributed by atoms with E-state index in [1.54, 1.807) is 26.0 Å². The Labute approximate surface area is 198 Å². The topological polar surface area (TPSA) is 76.8 Å². The number of halogens is 1. The summed E-state index contributed by atoms with van der Waals surface area (Å²) in [4.78, 5) is 12.0. The first-order valence-corrected chi connectivity index (χ1v) is 11.6. The second-order valence-corrected chi connectivity index (χ2v) is 8.61. The van der Waals surface area contributed by atoms with Crippen LogP contribution in [-0.4, -0.2) is 59.8 Å². The summed E-state index contributed by atoms with van der Waals surface area (Å²) >= 11 is 0. The number of hydrogen-bond donors (Lipinski definition) is 1. The van der Waals surface area contributed by atoms with Gasteiger partial charge in [-0.3, -0.25) is 5.43 Å². The predicted molar refractivity (Wildman–Crippen MR) is 132 cm³/mol. The molecule has 2 aliphatic rings. The van der Waals surface area contributed by atoms with Crippen molar-refractivity contribution in [1.29, 1.82) is 0 Å². The number of pyridine rings is 1. The fraction of sp³-hybridized carbons (Fsp3) is 0.400. The monoisotopic (exact) mass is 464 g/mol. The van der Waals surface area contributed by atoms with Gasteiger partial charge in [-0.05, 0) is 25.8 Å². The Morgan fingerprint density at radius 1 is 1.15 bits per heavy atom. The van der Waals surface area contributed by atoms with Crippen LogP contribution >= 0.6 is 0 Å². The average Bonchev–Trinajstić information content (AvgIpc) is 3.21. The molecule has 1 N–H and O–H groups in total. The molecule has 0 saturated carbocycles. The Balaban J connectivity index is 1.56. The summed E-state index contributed by atoms with van der Waals surface area (Å²) in [5.74, 6) is 1.17. The van der Waals surface area contributed by atoms with Gasteiger partial charge in [-0.2, -0.15) is 5.10 Å². The number of imidazole rings is 1. The van der Waals surface area contributed by atoms with Gasteiger partial charge in [-0.1, -0.05) is 24.3 Å². The number of aryl methyl sites for hydroxylation is 2. The molecular weight excluding hydrogens is 435 g/mol. The molecule has 2 aromatic heterocycles. The third kappa shape index (κ3) is 4.28. The molecule has 3 aromatic rings. The number of hydrazone groups is 1. The fourth-order valence-corrected chi connectivity index (χ4v) is 4.37. The number of rotatable bonds is 5. The largest absolute Gasteiger partial charge is 0.378 e. The van der Waals surface area contributed by atoms with Crippen molar-refractivity contribution in [2.24, 2.45) is 12.1 Å². The van der Waals surface area contributed by atoms with Crippen molar-refractivity contribution in [3.05, 3.63) is 53.1 Å². The molecule has 2 aliphatic heterocycles. The van der Waals surface area contributed by atoms with Crippen LogP contribution in [0.4, 0.5) is 15.9 Å². The third-order valence-electron chi connectivity index (χ3n) is 6.28. The van der Waals surface area contributed by atoms with Crippen LogP contribution in [0.15, 0.2) is 35.4 Å². The number of nitrogens with one attached hydrogen (secondary N) is 1. The van der Waals surface area contributed by atoms with Crippen molar-refractivity contribution in [1.82, 2.24) is 14.5 Å². The molecule has 0 spiro atoms. The third-order valence-corrected chi connectivity index (χ3v) is 6.28. The highest BCUT2D eigenvalue weighted by atomic mass is 19.1. The van der Waals surface area contributed by atoms with Gasteiger partial charge in [-0.15, -0.1) is 0 Å². The summed E-state index contributed by atoms with van der Waals surface area (Å²) in [5, 5.41) is 4.45. The van der Waals surface area contributed by atoms with Crippen molar-refractivity contribution >= 4 is 34.0 Å². The Kier molecular flexibility index (Phi) is 6.30. The van der Waals surface area contributed by atoms with Crippen molar-refractivity contribution < 1.29 is 13.9 Å². The van der Waals surface area contributed by atoms with Gasteiger partial charge in [0.1, 0.15) is 17.2 Å². The van der Waals surface area contributed by atoms with E-state index < -0.39 is 0 Å². The summed E-state index contributed by atoms with van der Waals surface area (Å²) in [6.07, 6.45) is 3.06. The zero-order valence-corrected chi connectivity index (χ0v) is 19.8. The Morgan fingerprint density at radius 3 is 2.74 bits per heavy atom. The SMILES string of the molecule is C/C(=N\Nc1cc(N2CCOCC2)c2nc(C3=CCCOC3)n(C)c2n1)c1cccc(C)c1F. The summed E-state index contributed by atoms with van der Waals surface area (Å²) in [6.45, 7) is 7.67. The molecule has 0 unspecified atom stereocenters. The van der Waals surface area contributed by atoms with Gasteiger partial charge < -0.3 is 18.9 Å². The van der Waals surface area contributed by atoms with Crippen LogP contribution in [0.1, 0.15) is 30.3 Å². The number of nitrogens with zero attached hydrogens (tertiary/aromatic N) is 5. The molecular formula is C25H29FN6O2. The highest BCUT2D eigenvalue weighted by Gasteiger charge is 2.22. The minimum absolute atomic E-state index is 0.262. The van der Waals surface area contributed by atoms with Crippen LogP contribution in [-0.2, 0) is 16.5 Å². The van der Waals surface area contributed by atoms with Gasteiger partial charge >= 0.3 is 0 Å². The minimum atomic E-state index is -0.262. The van der Waals surface area contributed by atoms with Crippen LogP contribution in [0.2, 0.25) is 0 Å². The number of anilines is 2. The molecule has 178 valence electrons. The molecule has 5 rings (SSSR count). The Hall–Kier alpha value is -3.30. The maximum absolute atomic E-state index is 14.6. The van der Waals surface area contributed by atoms with Crippen LogP contribution in [0, 0.1) is 12.7 Å². The molecule has 0 bridgehead atoms. The lowest BCUT2D eigenvalue weighted by molar-refractivity contribution is 0.123. The fourth-order valence-electron chi connectivity index (χ4n) is 4.37. The second-order valence-electron chi connectivity index (χ2n) is 8.61. The number of ether oxygens (including phenoxy) is 2. The lowest BCUT2D eigenvalue weighted by atomic mass is 10.1. The smallest absolute Gasteiger partial charge is 0.164 e. The zero-order valence-electron chi connectivity index (χ0n) is 19.8. The van der Waals surface area contributed by atoms with E-state index in [1.807, 2.05) is 23.7 Å². The summed E-state index contributed by atoms with van der Waals surface area (Å²) in [5.41, 5.74) is 8.28. The lowest BCUT2D eigenvalue weighted by Crippen LogP contribution is -2.36. The first-order chi connectivity index (χ1) is 16.5. The molecule has 1 aromatic carbocycles. The van der Waals surface area contributed by atoms with E-state index >= 15 is 0 Å². The van der Waals surface area contributed by atoms with Gasteiger partial charge in [0, 0.05) is 37.3 Å². The normalized spacial score (nSPS) is 17.2. The first-order valence-electron chi connectivity index (χ1n) is 11.6. The highest BCUT2D eigenvalue weighted by Crippen LogP contribution is 2.31. The van der Waals surface area contributed by atoms with Gasteiger partial charge in [0.25, 0.3) is 0 Å². The van der Waals surface area contributed by atoms with E-state index in [0.29, 0.717) is 42.5 Å². The molecule has 0 aliphatic carbocycles. The predicted octanol–water partition coefficient (Wildman–Crippen LogP) is 3.89. The lowest BCUT2D eigenvalue weighted by Gasteiger charge is -2.29. The molecule has 8 nitrogen and oxygen atoms in total. The van der Waals surface area contributed by atoms with E-state index in [0.717, 1.165) is 54.4 Å². The molecule has 4 heterocycles. The molecule has 0 atom stereocenters. The number of hydrogen-bond acceptors (Lipinski definition) is 7. The molecule has 34 heavy (non-hydrogen) atoms. The van der Waals surface area contributed by atoms with E-state index in [1.165, 1.54) is 0 Å². The molecule has 0 amide bonds. The Bertz CT molecular complexity index is 1280. The van der Waals surface area contributed by atoms with Crippen LogP contribution in [0.5, 0.6) is 0 Å². The highest BCUT2D eigenvalue weighted by molar-refractivity contribution is 5.99. The van der Waals surface area contributed by atoms with E-state index in [2.05, 4.69) is 21.5 Å². The van der Waals surface area contributed by atoms with Crippen molar-refractivity contribution in [3.63, 3.8) is 0 Å². The van der Waals surface area contributed by atoms with Crippen molar-refractivity contribution in [2.75, 3.05) is 49.8 Å². The second kappa shape index (κ2) is 9.52. The van der Waals surface area contributed by atoms with E-state index in [-0.39, 0.29) is 5.82 Å². The number of aromatic nitrogens is 3. The molecule has 1 saturated heterocycles. The standard InChI is InChI=1S/C25H29FN6O2/c1-16-6-4-8-19(22(16)26)17(2)29-30-21-14-20(32-9-12-33-13-10-32)23-25(27-21)31(3)24(28-23)18-7-5-11-34-15-18/h4,6-8,14H,5,9-13,15H2,1-3H3,(H,27,30)/b29-17+. The maximum Gasteiger partial charge on any atom is 0.164 e. The van der Waals surface area contributed by atoms with Gasteiger partial charge in [0.15, 0.2) is 11.5 Å². The summed E-state index contributed by atoms with van der Waals surface area (Å²) in [7, 11) is 1.97. The average molecular weight is 465 g/mol.